The van der Waals surface area contributed by atoms with Crippen LogP contribution in [0.25, 0.3) is 10.2 Å². The smallest absolute Gasteiger partial charge is 0.117 e. The zero-order chi connectivity index (χ0) is 12.2. The molecule has 0 aliphatic rings. The average Bonchev–Trinajstić information content (AvgIpc) is 3.03. The fourth-order valence-electron chi connectivity index (χ4n) is 1.85. The van der Waals surface area contributed by atoms with E-state index in [0.717, 1.165) is 30.8 Å². The summed E-state index contributed by atoms with van der Waals surface area (Å²) in [4.78, 5) is 4.60. The minimum Gasteiger partial charge on any atom is -0.468 e. The van der Waals surface area contributed by atoms with Crippen LogP contribution in [0, 0.1) is 0 Å². The summed E-state index contributed by atoms with van der Waals surface area (Å²) in [6.45, 7) is 1.69. The van der Waals surface area contributed by atoms with E-state index in [1.54, 1.807) is 17.6 Å². The molecule has 92 valence electrons. The largest absolute Gasteiger partial charge is 0.468 e. The molecule has 0 bridgehead atoms. The van der Waals surface area contributed by atoms with Gasteiger partial charge in [0.2, 0.25) is 0 Å². The lowest BCUT2D eigenvalue weighted by molar-refractivity contribution is 0.484. The second-order valence-electron chi connectivity index (χ2n) is 4.08. The molecule has 0 atom stereocenters. The van der Waals surface area contributed by atoms with Gasteiger partial charge < -0.3 is 9.73 Å². The van der Waals surface area contributed by atoms with E-state index < -0.39 is 0 Å². The van der Waals surface area contributed by atoms with E-state index in [9.17, 15) is 0 Å². The SMILES string of the molecule is c1coc(CNCCc2nc3ccccc3s2)c1. The molecule has 4 heteroatoms. The van der Waals surface area contributed by atoms with Gasteiger partial charge in [0.1, 0.15) is 5.76 Å². The molecule has 3 nitrogen and oxygen atoms in total. The lowest BCUT2D eigenvalue weighted by Gasteiger charge is -1.99. The Balaban J connectivity index is 1.53. The molecule has 0 fully saturated rings. The topological polar surface area (TPSA) is 38.1 Å². The highest BCUT2D eigenvalue weighted by atomic mass is 32.1. The average molecular weight is 258 g/mol. The first-order chi connectivity index (χ1) is 8.92. The summed E-state index contributed by atoms with van der Waals surface area (Å²) in [6.07, 6.45) is 2.66. The Morgan fingerprint density at radius 2 is 2.11 bits per heavy atom. The zero-order valence-electron chi connectivity index (χ0n) is 9.93. The van der Waals surface area contributed by atoms with Gasteiger partial charge in [-0.1, -0.05) is 12.1 Å². The van der Waals surface area contributed by atoms with Gasteiger partial charge in [-0.25, -0.2) is 4.98 Å². The molecule has 0 radical (unpaired) electrons. The third-order valence-electron chi connectivity index (χ3n) is 2.73. The van der Waals surface area contributed by atoms with Crippen LogP contribution in [0.2, 0.25) is 0 Å². The lowest BCUT2D eigenvalue weighted by Crippen LogP contribution is -2.16. The van der Waals surface area contributed by atoms with Gasteiger partial charge in [0, 0.05) is 13.0 Å². The first-order valence-electron chi connectivity index (χ1n) is 5.99. The Morgan fingerprint density at radius 1 is 1.17 bits per heavy atom. The number of benzene rings is 1. The molecule has 0 unspecified atom stereocenters. The van der Waals surface area contributed by atoms with E-state index in [0.29, 0.717) is 0 Å². The van der Waals surface area contributed by atoms with Crippen LogP contribution in [-0.2, 0) is 13.0 Å². The van der Waals surface area contributed by atoms with Crippen molar-refractivity contribution in [3.05, 3.63) is 53.4 Å². The number of aromatic nitrogens is 1. The van der Waals surface area contributed by atoms with Crippen molar-refractivity contribution in [2.75, 3.05) is 6.54 Å². The van der Waals surface area contributed by atoms with Gasteiger partial charge in [-0.15, -0.1) is 11.3 Å². The maximum absolute atomic E-state index is 5.26. The molecule has 0 amide bonds. The van der Waals surface area contributed by atoms with Crippen molar-refractivity contribution in [2.45, 2.75) is 13.0 Å². The van der Waals surface area contributed by atoms with Crippen LogP contribution in [0.3, 0.4) is 0 Å². The third kappa shape index (κ3) is 2.60. The second-order valence-corrected chi connectivity index (χ2v) is 5.20. The van der Waals surface area contributed by atoms with Gasteiger partial charge in [0.25, 0.3) is 0 Å². The highest BCUT2D eigenvalue weighted by Crippen LogP contribution is 2.21. The number of rotatable bonds is 5. The molecule has 2 heterocycles. The molecule has 0 aliphatic heterocycles. The standard InChI is InChI=1S/C14H14N2OS/c1-2-6-13-12(5-1)16-14(18-13)7-8-15-10-11-4-3-9-17-11/h1-6,9,15H,7-8,10H2. The maximum atomic E-state index is 5.26. The van der Waals surface area contributed by atoms with Crippen LogP contribution in [0.5, 0.6) is 0 Å². The summed E-state index contributed by atoms with van der Waals surface area (Å²) < 4.78 is 6.52. The zero-order valence-corrected chi connectivity index (χ0v) is 10.7. The number of furan rings is 1. The van der Waals surface area contributed by atoms with Crippen molar-refractivity contribution in [2.24, 2.45) is 0 Å². The summed E-state index contributed by atoms with van der Waals surface area (Å²) in [6, 6.07) is 12.1. The molecule has 0 saturated carbocycles. The Labute approximate surface area is 109 Å². The molecule has 0 aliphatic carbocycles. The predicted octanol–water partition coefficient (Wildman–Crippen LogP) is 3.22. The first-order valence-corrected chi connectivity index (χ1v) is 6.81. The molecule has 3 aromatic rings. The number of thiazole rings is 1. The molecule has 1 aromatic carbocycles. The van der Waals surface area contributed by atoms with Gasteiger partial charge in [0.15, 0.2) is 0 Å². The van der Waals surface area contributed by atoms with Crippen LogP contribution in [-0.4, -0.2) is 11.5 Å². The van der Waals surface area contributed by atoms with Crippen molar-refractivity contribution >= 4 is 21.6 Å². The molecule has 3 rings (SSSR count). The van der Waals surface area contributed by atoms with E-state index in [-0.39, 0.29) is 0 Å². The molecule has 0 saturated heterocycles. The van der Waals surface area contributed by atoms with Gasteiger partial charge in [-0.2, -0.15) is 0 Å². The number of hydrogen-bond acceptors (Lipinski definition) is 4. The van der Waals surface area contributed by atoms with E-state index in [1.165, 1.54) is 9.71 Å². The fraction of sp³-hybridized carbons (Fsp3) is 0.214. The minimum absolute atomic E-state index is 0.776. The number of fused-ring (bicyclic) bond motifs is 1. The van der Waals surface area contributed by atoms with Crippen molar-refractivity contribution in [3.63, 3.8) is 0 Å². The first kappa shape index (κ1) is 11.4. The summed E-state index contributed by atoms with van der Waals surface area (Å²) in [7, 11) is 0. The van der Waals surface area contributed by atoms with Crippen LogP contribution < -0.4 is 5.32 Å². The fourth-order valence-corrected chi connectivity index (χ4v) is 2.81. The van der Waals surface area contributed by atoms with Crippen molar-refractivity contribution in [1.82, 2.24) is 10.3 Å². The van der Waals surface area contributed by atoms with Gasteiger partial charge in [0.05, 0.1) is 28.0 Å². The van der Waals surface area contributed by atoms with E-state index in [4.69, 9.17) is 4.42 Å². The minimum atomic E-state index is 0.776. The molecule has 18 heavy (non-hydrogen) atoms. The Morgan fingerprint density at radius 3 is 2.94 bits per heavy atom. The number of hydrogen-bond donors (Lipinski definition) is 1. The molecule has 1 N–H and O–H groups in total. The second kappa shape index (κ2) is 5.33. The van der Waals surface area contributed by atoms with Gasteiger partial charge in [-0.05, 0) is 24.3 Å². The number of nitrogens with zero attached hydrogens (tertiary/aromatic N) is 1. The van der Waals surface area contributed by atoms with Gasteiger partial charge >= 0.3 is 0 Å². The molecule has 0 spiro atoms. The van der Waals surface area contributed by atoms with Gasteiger partial charge in [-0.3, -0.25) is 0 Å². The van der Waals surface area contributed by atoms with E-state index >= 15 is 0 Å². The summed E-state index contributed by atoms with van der Waals surface area (Å²) in [5, 5.41) is 4.54. The van der Waals surface area contributed by atoms with Crippen molar-refractivity contribution < 1.29 is 4.42 Å². The van der Waals surface area contributed by atoms with Crippen LogP contribution in [0.15, 0.2) is 47.1 Å². The summed E-state index contributed by atoms with van der Waals surface area (Å²) in [5.74, 6) is 0.972. The summed E-state index contributed by atoms with van der Waals surface area (Å²) >= 11 is 1.77. The molecular formula is C14H14N2OS. The Hall–Kier alpha value is -1.65. The van der Waals surface area contributed by atoms with E-state index in [2.05, 4.69) is 28.5 Å². The number of nitrogens with one attached hydrogen (secondary N) is 1. The Bertz CT molecular complexity index is 583. The predicted molar refractivity (Wildman–Crippen MR) is 73.7 cm³/mol. The van der Waals surface area contributed by atoms with E-state index in [1.807, 2.05) is 18.2 Å². The number of para-hydroxylation sites is 1. The normalized spacial score (nSPS) is 11.1. The van der Waals surface area contributed by atoms with Crippen molar-refractivity contribution in [3.8, 4) is 0 Å². The third-order valence-corrected chi connectivity index (χ3v) is 3.83. The van der Waals surface area contributed by atoms with Crippen LogP contribution in [0.1, 0.15) is 10.8 Å². The lowest BCUT2D eigenvalue weighted by atomic mass is 10.3. The maximum Gasteiger partial charge on any atom is 0.117 e. The quantitative estimate of drug-likeness (QED) is 0.714. The Kier molecular flexibility index (Phi) is 3.39. The molecular weight excluding hydrogens is 244 g/mol. The highest BCUT2D eigenvalue weighted by Gasteiger charge is 2.02. The van der Waals surface area contributed by atoms with Crippen LogP contribution >= 0.6 is 11.3 Å². The monoisotopic (exact) mass is 258 g/mol. The highest BCUT2D eigenvalue weighted by molar-refractivity contribution is 7.18. The van der Waals surface area contributed by atoms with Crippen LogP contribution in [0.4, 0.5) is 0 Å². The molecule has 2 aromatic heterocycles. The van der Waals surface area contributed by atoms with Crippen molar-refractivity contribution in [1.29, 1.82) is 0 Å². The summed E-state index contributed by atoms with van der Waals surface area (Å²) in [5.41, 5.74) is 1.10.